The highest BCUT2D eigenvalue weighted by Gasteiger charge is 2.40. The number of methoxy groups -OCH3 is 1. The average Bonchev–Trinajstić information content (AvgIpc) is 3.00. The van der Waals surface area contributed by atoms with Gasteiger partial charge in [0.25, 0.3) is 0 Å². The molecule has 0 bridgehead atoms. The van der Waals surface area contributed by atoms with Crippen LogP contribution in [-0.2, 0) is 21.6 Å². The molecule has 0 aliphatic carbocycles. The maximum atomic E-state index is 13.9. The minimum atomic E-state index is -1.20. The Labute approximate surface area is 277 Å². The molecule has 246 valence electrons. The Bertz CT molecular complexity index is 1560. The monoisotopic (exact) mass is 648 g/mol. The molecule has 1 saturated heterocycles. The van der Waals surface area contributed by atoms with Crippen LogP contribution in [0.3, 0.4) is 0 Å². The highest BCUT2D eigenvalue weighted by atomic mass is 35.5. The summed E-state index contributed by atoms with van der Waals surface area (Å²) < 4.78 is 17.4. The van der Waals surface area contributed by atoms with Gasteiger partial charge in [-0.3, -0.25) is 4.79 Å². The number of halogens is 1. The van der Waals surface area contributed by atoms with Crippen molar-refractivity contribution in [3.8, 4) is 11.5 Å². The second-order valence-corrected chi connectivity index (χ2v) is 14.2. The van der Waals surface area contributed by atoms with Crippen molar-refractivity contribution in [2.75, 3.05) is 25.1 Å². The fourth-order valence-corrected chi connectivity index (χ4v) is 6.58. The number of rotatable bonds is 7. The van der Waals surface area contributed by atoms with Crippen LogP contribution in [0, 0.1) is 5.92 Å². The number of benzene rings is 3. The zero-order chi connectivity index (χ0) is 33.4. The van der Waals surface area contributed by atoms with E-state index in [0.29, 0.717) is 35.3 Å². The minimum absolute atomic E-state index is 0.0631. The quantitative estimate of drug-likeness (QED) is 0.283. The molecule has 3 aromatic rings. The lowest BCUT2D eigenvalue weighted by molar-refractivity contribution is -0.118. The molecule has 9 heteroatoms. The maximum absolute atomic E-state index is 13.9. The number of amides is 2. The zero-order valence-electron chi connectivity index (χ0n) is 27.8. The van der Waals surface area contributed by atoms with Gasteiger partial charge in [-0.2, -0.15) is 0 Å². The molecule has 0 aromatic heterocycles. The lowest BCUT2D eigenvalue weighted by Crippen LogP contribution is -2.48. The molecule has 1 fully saturated rings. The number of fused-ring (bicyclic) bond motifs is 1. The first kappa shape index (κ1) is 33.6. The fourth-order valence-electron chi connectivity index (χ4n) is 6.45. The third kappa shape index (κ3) is 7.13. The number of aliphatic hydroxyl groups is 1. The zero-order valence-corrected chi connectivity index (χ0v) is 28.6. The molecule has 0 radical (unpaired) electrons. The van der Waals surface area contributed by atoms with Crippen LogP contribution in [0.2, 0.25) is 5.02 Å². The van der Waals surface area contributed by atoms with Crippen LogP contribution >= 0.6 is 11.6 Å². The van der Waals surface area contributed by atoms with Crippen molar-refractivity contribution in [3.63, 3.8) is 0 Å². The first-order valence-electron chi connectivity index (χ1n) is 15.9. The summed E-state index contributed by atoms with van der Waals surface area (Å²) in [5.41, 5.74) is 2.36. The Morgan fingerprint density at radius 3 is 2.28 bits per heavy atom. The van der Waals surface area contributed by atoms with Gasteiger partial charge in [0.1, 0.15) is 5.60 Å². The van der Waals surface area contributed by atoms with Crippen molar-refractivity contribution in [1.82, 2.24) is 4.90 Å². The van der Waals surface area contributed by atoms with E-state index in [1.807, 2.05) is 95.3 Å². The Morgan fingerprint density at radius 1 is 1.00 bits per heavy atom. The first-order valence-corrected chi connectivity index (χ1v) is 16.3. The lowest BCUT2D eigenvalue weighted by atomic mass is 9.78. The molecular formula is C37H45ClN2O6. The average molecular weight is 649 g/mol. The molecule has 0 spiro atoms. The number of likely N-dealkylation sites (tertiary alicyclic amines) is 1. The molecule has 0 saturated carbocycles. The summed E-state index contributed by atoms with van der Waals surface area (Å²) in [5.74, 6) is 0.956. The van der Waals surface area contributed by atoms with Crippen LogP contribution in [-0.4, -0.2) is 53.9 Å². The minimum Gasteiger partial charge on any atom is -0.493 e. The van der Waals surface area contributed by atoms with Crippen molar-refractivity contribution in [3.05, 3.63) is 87.9 Å². The van der Waals surface area contributed by atoms with Gasteiger partial charge in [-0.15, -0.1) is 0 Å². The maximum Gasteiger partial charge on any atom is 0.410 e. The van der Waals surface area contributed by atoms with Crippen molar-refractivity contribution >= 4 is 29.3 Å². The van der Waals surface area contributed by atoms with Gasteiger partial charge in [0.15, 0.2) is 11.5 Å². The van der Waals surface area contributed by atoms with Crippen molar-refractivity contribution in [2.45, 2.75) is 84.2 Å². The number of anilines is 1. The van der Waals surface area contributed by atoms with E-state index < -0.39 is 17.2 Å². The van der Waals surface area contributed by atoms with Crippen LogP contribution in [0.5, 0.6) is 11.5 Å². The van der Waals surface area contributed by atoms with E-state index in [1.165, 1.54) is 0 Å². The summed E-state index contributed by atoms with van der Waals surface area (Å²) in [6.07, 6.45) is 1.32. The van der Waals surface area contributed by atoms with Crippen LogP contribution in [0.25, 0.3) is 0 Å². The number of hydrogen-bond donors (Lipinski definition) is 1. The van der Waals surface area contributed by atoms with Gasteiger partial charge in [0.2, 0.25) is 5.91 Å². The van der Waals surface area contributed by atoms with Crippen molar-refractivity contribution < 1.29 is 28.9 Å². The van der Waals surface area contributed by atoms with E-state index in [9.17, 15) is 14.7 Å². The van der Waals surface area contributed by atoms with Crippen LogP contribution in [0.1, 0.15) is 82.7 Å². The third-order valence-electron chi connectivity index (χ3n) is 8.73. The van der Waals surface area contributed by atoms with E-state index in [0.717, 1.165) is 35.1 Å². The summed E-state index contributed by atoms with van der Waals surface area (Å²) in [6.45, 7) is 12.3. The topological polar surface area (TPSA) is 88.5 Å². The third-order valence-corrected chi connectivity index (χ3v) is 8.99. The van der Waals surface area contributed by atoms with Crippen LogP contribution < -0.4 is 14.4 Å². The summed E-state index contributed by atoms with van der Waals surface area (Å²) in [7, 11) is 1.60. The molecule has 46 heavy (non-hydrogen) atoms. The first-order chi connectivity index (χ1) is 21.7. The van der Waals surface area contributed by atoms with Gasteiger partial charge in [-0.05, 0) is 113 Å². The number of ether oxygens (including phenoxy) is 3. The predicted molar refractivity (Wildman–Crippen MR) is 180 cm³/mol. The predicted octanol–water partition coefficient (Wildman–Crippen LogP) is 7.67. The van der Waals surface area contributed by atoms with Gasteiger partial charge in [0.05, 0.1) is 31.3 Å². The normalized spacial score (nSPS) is 19.8. The number of hydrogen-bond acceptors (Lipinski definition) is 6. The summed E-state index contributed by atoms with van der Waals surface area (Å²) >= 11 is 6.26. The molecule has 2 aliphatic heterocycles. The Kier molecular flexibility index (Phi) is 9.62. The summed E-state index contributed by atoms with van der Waals surface area (Å²) in [5, 5.41) is 12.4. The van der Waals surface area contributed by atoms with Crippen LogP contribution in [0.15, 0.2) is 60.7 Å². The van der Waals surface area contributed by atoms with Crippen molar-refractivity contribution in [1.29, 1.82) is 0 Å². The highest BCUT2D eigenvalue weighted by molar-refractivity contribution is 6.30. The fraction of sp³-hybridized carbons (Fsp3) is 0.459. The van der Waals surface area contributed by atoms with E-state index in [2.05, 4.69) is 0 Å². The van der Waals surface area contributed by atoms with Gasteiger partial charge in [-0.1, -0.05) is 35.9 Å². The van der Waals surface area contributed by atoms with Gasteiger partial charge >= 0.3 is 6.09 Å². The molecule has 5 rings (SSSR count). The Hall–Kier alpha value is -3.75. The molecule has 1 N–H and O–H groups in total. The molecule has 8 nitrogen and oxygen atoms in total. The van der Waals surface area contributed by atoms with Crippen LogP contribution in [0.4, 0.5) is 10.5 Å². The van der Waals surface area contributed by atoms with E-state index in [1.54, 1.807) is 23.8 Å². The molecular weight excluding hydrogens is 604 g/mol. The lowest BCUT2D eigenvalue weighted by Gasteiger charge is -2.41. The number of carbonyl (C=O) groups excluding carboxylic acids is 2. The summed E-state index contributed by atoms with van der Waals surface area (Å²) in [6, 6.07) is 18.5. The SMILES string of the molecule is COc1cc2c(cc1OC(C)C)[C@H](c1ccc(Cl)cc1)N(c1ccc(C(C)(O)[C@H]3CCCN(C(=O)OC(C)(C)C)C3)cc1)C(=O)C2. The summed E-state index contributed by atoms with van der Waals surface area (Å²) in [4.78, 5) is 30.2. The van der Waals surface area contributed by atoms with Gasteiger partial charge in [-0.25, -0.2) is 4.79 Å². The van der Waals surface area contributed by atoms with E-state index in [4.69, 9.17) is 25.8 Å². The Balaban J connectivity index is 1.48. The molecule has 3 aromatic carbocycles. The second kappa shape index (κ2) is 13.2. The highest BCUT2D eigenvalue weighted by Crippen LogP contribution is 2.44. The molecule has 2 aliphatic rings. The molecule has 3 atom stereocenters. The smallest absolute Gasteiger partial charge is 0.410 e. The number of piperidine rings is 1. The second-order valence-electron chi connectivity index (χ2n) is 13.7. The van der Waals surface area contributed by atoms with Gasteiger partial charge < -0.3 is 29.1 Å². The number of nitrogens with zero attached hydrogens (tertiary/aromatic N) is 2. The van der Waals surface area contributed by atoms with E-state index >= 15 is 0 Å². The number of carbonyl (C=O) groups is 2. The largest absolute Gasteiger partial charge is 0.493 e. The molecule has 1 unspecified atom stereocenters. The molecule has 2 heterocycles. The van der Waals surface area contributed by atoms with Gasteiger partial charge in [0, 0.05) is 29.7 Å². The van der Waals surface area contributed by atoms with E-state index in [-0.39, 0.29) is 30.4 Å². The standard InChI is InChI=1S/C37H45ClN2O6/c1-23(2)45-32-21-30-25(19-31(32)44-7)20-33(41)40(34(30)24-10-14-28(38)15-11-24)29-16-12-26(13-17-29)37(6,43)27-9-8-18-39(22-27)35(42)46-36(3,4)5/h10-17,19,21,23,27,34,43H,8-9,18,20,22H2,1-7H3/t27-,34-,37?/m0/s1. The molecule has 2 amide bonds. The Morgan fingerprint density at radius 2 is 1.67 bits per heavy atom. The van der Waals surface area contributed by atoms with Crippen molar-refractivity contribution in [2.24, 2.45) is 5.92 Å².